The zero-order chi connectivity index (χ0) is 18.4. The van der Waals surface area contributed by atoms with Gasteiger partial charge < -0.3 is 21.5 Å². The maximum absolute atomic E-state index is 12.3. The maximum atomic E-state index is 12.3. The molecule has 0 aromatic heterocycles. The third kappa shape index (κ3) is 5.28. The van der Waals surface area contributed by atoms with Gasteiger partial charge in [0.2, 0.25) is 11.8 Å². The van der Waals surface area contributed by atoms with Crippen molar-refractivity contribution in [1.82, 2.24) is 16.0 Å². The number of rotatable bonds is 9. The molecule has 0 bridgehead atoms. The highest BCUT2D eigenvalue weighted by molar-refractivity contribution is 5.95. The minimum Gasteiger partial charge on any atom is -0.480 e. The van der Waals surface area contributed by atoms with Gasteiger partial charge in [0.25, 0.3) is 0 Å². The van der Waals surface area contributed by atoms with Gasteiger partial charge in [0.1, 0.15) is 11.4 Å². The molecular weight excluding hydrogens is 326 g/mol. The van der Waals surface area contributed by atoms with Gasteiger partial charge in [-0.3, -0.25) is 25.1 Å². The van der Waals surface area contributed by atoms with Crippen LogP contribution in [0.15, 0.2) is 24.3 Å². The molecule has 0 heterocycles. The summed E-state index contributed by atoms with van der Waals surface area (Å²) in [5.41, 5.74) is 5.94. The van der Waals surface area contributed by atoms with E-state index in [9.17, 15) is 14.4 Å². The molecule has 134 valence electrons. The van der Waals surface area contributed by atoms with Gasteiger partial charge in [0.05, 0.1) is 13.1 Å². The topological polar surface area (TPSA) is 157 Å². The summed E-state index contributed by atoms with van der Waals surface area (Å²) in [4.78, 5) is 34.5. The van der Waals surface area contributed by atoms with Gasteiger partial charge in [-0.05, 0) is 18.4 Å². The summed E-state index contributed by atoms with van der Waals surface area (Å²) >= 11 is 0. The Labute approximate surface area is 144 Å². The molecule has 0 saturated heterocycles. The minimum absolute atomic E-state index is 0.0215. The van der Waals surface area contributed by atoms with Gasteiger partial charge in [0.15, 0.2) is 0 Å². The quantitative estimate of drug-likeness (QED) is 0.246. The fourth-order valence-corrected chi connectivity index (χ4v) is 2.28. The fraction of sp³-hybridized carbons (Fsp3) is 0.375. The van der Waals surface area contributed by atoms with Crippen LogP contribution in [0.4, 0.5) is 0 Å². The lowest BCUT2D eigenvalue weighted by Gasteiger charge is -2.17. The van der Waals surface area contributed by atoms with Gasteiger partial charge in [-0.25, -0.2) is 0 Å². The second kappa shape index (κ2) is 7.75. The molecule has 1 aliphatic rings. The molecule has 0 atom stereocenters. The number of nitrogens with two attached hydrogens (primary N) is 1. The largest absolute Gasteiger partial charge is 0.480 e. The Hall–Kier alpha value is -2.94. The van der Waals surface area contributed by atoms with Crippen molar-refractivity contribution >= 4 is 23.6 Å². The first-order valence-corrected chi connectivity index (χ1v) is 7.77. The number of carbonyl (C=O) groups excluding carboxylic acids is 2. The molecule has 2 amide bonds. The summed E-state index contributed by atoms with van der Waals surface area (Å²) in [6.45, 7) is -0.178. The molecular formula is C16H21N5O4. The maximum Gasteiger partial charge on any atom is 0.317 e. The standard InChI is InChI=1S/C16H21N5O4/c17-14(18)11-3-1-10(2-4-11)7-20-15(25)16(5-6-16)21-12(22)8-19-9-13(23)24/h1-4,19H,5-9H2,(H3,17,18)(H,20,25)(H,21,22)(H,23,24). The van der Waals surface area contributed by atoms with Gasteiger partial charge >= 0.3 is 5.97 Å². The molecule has 1 aromatic carbocycles. The first-order chi connectivity index (χ1) is 11.8. The monoisotopic (exact) mass is 347 g/mol. The summed E-state index contributed by atoms with van der Waals surface area (Å²) in [5, 5.41) is 23.7. The van der Waals surface area contributed by atoms with Crippen LogP contribution in [0.2, 0.25) is 0 Å². The van der Waals surface area contributed by atoms with E-state index >= 15 is 0 Å². The summed E-state index contributed by atoms with van der Waals surface area (Å²) in [6.07, 6.45) is 1.10. The first kappa shape index (κ1) is 18.4. The predicted octanol–water partition coefficient (Wildman–Crippen LogP) is -1.09. The number of hydrogen-bond acceptors (Lipinski definition) is 5. The molecule has 1 fully saturated rings. The van der Waals surface area contributed by atoms with E-state index in [1.165, 1.54) is 0 Å². The molecule has 7 N–H and O–H groups in total. The number of hydrogen-bond donors (Lipinski definition) is 6. The van der Waals surface area contributed by atoms with Crippen molar-refractivity contribution in [1.29, 1.82) is 5.41 Å². The van der Waals surface area contributed by atoms with E-state index in [1.807, 2.05) is 0 Å². The number of amidine groups is 1. The Bertz CT molecular complexity index is 682. The average Bonchev–Trinajstić information content (AvgIpc) is 3.33. The van der Waals surface area contributed by atoms with Crippen LogP contribution in [0.3, 0.4) is 0 Å². The molecule has 1 aromatic rings. The van der Waals surface area contributed by atoms with Crippen LogP contribution >= 0.6 is 0 Å². The lowest BCUT2D eigenvalue weighted by atomic mass is 10.1. The van der Waals surface area contributed by atoms with Gasteiger partial charge in [-0.1, -0.05) is 24.3 Å². The van der Waals surface area contributed by atoms with E-state index in [1.54, 1.807) is 24.3 Å². The van der Waals surface area contributed by atoms with E-state index in [2.05, 4.69) is 16.0 Å². The Morgan fingerprint density at radius 2 is 1.80 bits per heavy atom. The number of amides is 2. The number of aliphatic carboxylic acids is 1. The summed E-state index contributed by atoms with van der Waals surface area (Å²) < 4.78 is 0. The van der Waals surface area contributed by atoms with Crippen LogP contribution in [0.5, 0.6) is 0 Å². The van der Waals surface area contributed by atoms with Crippen LogP contribution in [0.25, 0.3) is 0 Å². The fourth-order valence-electron chi connectivity index (χ4n) is 2.28. The number of carboxylic acid groups (broad SMARTS) is 1. The Morgan fingerprint density at radius 1 is 1.16 bits per heavy atom. The smallest absolute Gasteiger partial charge is 0.317 e. The molecule has 9 heteroatoms. The highest BCUT2D eigenvalue weighted by Crippen LogP contribution is 2.35. The van der Waals surface area contributed by atoms with E-state index in [-0.39, 0.29) is 24.8 Å². The minimum atomic E-state index is -1.05. The van der Waals surface area contributed by atoms with E-state index < -0.39 is 17.4 Å². The van der Waals surface area contributed by atoms with Crippen molar-refractivity contribution in [2.24, 2.45) is 5.73 Å². The Balaban J connectivity index is 1.80. The van der Waals surface area contributed by atoms with Gasteiger partial charge in [0, 0.05) is 12.1 Å². The first-order valence-electron chi connectivity index (χ1n) is 7.77. The Kier molecular flexibility index (Phi) is 5.71. The molecule has 0 unspecified atom stereocenters. The van der Waals surface area contributed by atoms with Crippen LogP contribution in [0.1, 0.15) is 24.0 Å². The normalized spacial score (nSPS) is 14.4. The lowest BCUT2D eigenvalue weighted by molar-refractivity contribution is -0.136. The SMILES string of the molecule is N=C(N)c1ccc(CNC(=O)C2(NC(=O)CNCC(=O)O)CC2)cc1. The summed E-state index contributed by atoms with van der Waals surface area (Å²) in [7, 11) is 0. The third-order valence-electron chi connectivity index (χ3n) is 3.84. The van der Waals surface area contributed by atoms with Gasteiger partial charge in [-0.2, -0.15) is 0 Å². The highest BCUT2D eigenvalue weighted by atomic mass is 16.4. The average molecular weight is 347 g/mol. The number of benzene rings is 1. The van der Waals surface area contributed by atoms with Crippen molar-refractivity contribution in [3.63, 3.8) is 0 Å². The number of nitrogens with one attached hydrogen (secondary N) is 4. The zero-order valence-electron chi connectivity index (χ0n) is 13.6. The highest BCUT2D eigenvalue weighted by Gasteiger charge is 2.50. The van der Waals surface area contributed by atoms with Crippen LogP contribution in [-0.2, 0) is 20.9 Å². The van der Waals surface area contributed by atoms with Gasteiger partial charge in [-0.15, -0.1) is 0 Å². The molecule has 1 aliphatic carbocycles. The predicted molar refractivity (Wildman–Crippen MR) is 89.9 cm³/mol. The number of carboxylic acids is 1. The molecule has 0 aliphatic heterocycles. The van der Waals surface area contributed by atoms with E-state index in [4.69, 9.17) is 16.2 Å². The van der Waals surface area contributed by atoms with Crippen molar-refractivity contribution < 1.29 is 19.5 Å². The second-order valence-electron chi connectivity index (χ2n) is 5.92. The Morgan fingerprint density at radius 3 is 2.32 bits per heavy atom. The third-order valence-corrected chi connectivity index (χ3v) is 3.84. The summed E-state index contributed by atoms with van der Waals surface area (Å²) in [6, 6.07) is 6.94. The van der Waals surface area contributed by atoms with Crippen molar-refractivity contribution in [2.75, 3.05) is 13.1 Å². The number of nitrogen functional groups attached to an aromatic ring is 1. The van der Waals surface area contributed by atoms with Crippen LogP contribution in [-0.4, -0.2) is 47.4 Å². The van der Waals surface area contributed by atoms with Crippen molar-refractivity contribution in [3.8, 4) is 0 Å². The van der Waals surface area contributed by atoms with Crippen LogP contribution in [0, 0.1) is 5.41 Å². The molecule has 25 heavy (non-hydrogen) atoms. The molecule has 0 radical (unpaired) electrons. The van der Waals surface area contributed by atoms with Crippen molar-refractivity contribution in [2.45, 2.75) is 24.9 Å². The molecule has 2 rings (SSSR count). The molecule has 1 saturated carbocycles. The molecule has 9 nitrogen and oxygen atoms in total. The summed E-state index contributed by atoms with van der Waals surface area (Å²) in [5.74, 6) is -1.76. The van der Waals surface area contributed by atoms with Crippen LogP contribution < -0.4 is 21.7 Å². The lowest BCUT2D eigenvalue weighted by Crippen LogP contribution is -2.51. The van der Waals surface area contributed by atoms with E-state index in [0.717, 1.165) is 5.56 Å². The second-order valence-corrected chi connectivity index (χ2v) is 5.92. The van der Waals surface area contributed by atoms with Crippen molar-refractivity contribution in [3.05, 3.63) is 35.4 Å². The van der Waals surface area contributed by atoms with E-state index in [0.29, 0.717) is 24.9 Å². The number of carbonyl (C=O) groups is 3. The molecule has 0 spiro atoms. The zero-order valence-corrected chi connectivity index (χ0v) is 13.6.